The Hall–Kier alpha value is -1.48. The van der Waals surface area contributed by atoms with Crippen molar-refractivity contribution in [2.45, 2.75) is 0 Å². The summed E-state index contributed by atoms with van der Waals surface area (Å²) in [6.07, 6.45) is 1.74. The molecule has 0 fully saturated rings. The summed E-state index contributed by atoms with van der Waals surface area (Å²) in [6.45, 7) is 0.563. The fourth-order valence-electron chi connectivity index (χ4n) is 1.07. The molecule has 74 valence electrons. The van der Waals surface area contributed by atoms with Crippen LogP contribution in [0.1, 0.15) is 10.4 Å². The average molecular weight is 211 g/mol. The van der Waals surface area contributed by atoms with E-state index in [0.29, 0.717) is 12.1 Å². The Balaban J connectivity index is 2.79. The van der Waals surface area contributed by atoms with Gasteiger partial charge in [-0.05, 0) is 12.1 Å². The van der Waals surface area contributed by atoms with Crippen LogP contribution >= 0.6 is 11.6 Å². The van der Waals surface area contributed by atoms with Gasteiger partial charge >= 0.3 is 0 Å². The molecule has 0 aliphatic rings. The third-order valence-electron chi connectivity index (χ3n) is 1.69. The van der Waals surface area contributed by atoms with E-state index in [2.05, 4.69) is 5.32 Å². The van der Waals surface area contributed by atoms with Gasteiger partial charge in [0.1, 0.15) is 0 Å². The number of amides is 1. The number of nitrogens with one attached hydrogen (secondary N) is 1. The maximum Gasteiger partial charge on any atom is 0.250 e. The van der Waals surface area contributed by atoms with Gasteiger partial charge in [-0.2, -0.15) is 0 Å². The number of carbonyl (C=O) groups is 1. The summed E-state index contributed by atoms with van der Waals surface area (Å²) in [6, 6.07) is 7.07. The minimum atomic E-state index is -0.442. The molecule has 1 aromatic rings. The molecule has 0 heterocycles. The van der Waals surface area contributed by atoms with Crippen LogP contribution < -0.4 is 11.1 Å². The molecule has 0 atom stereocenters. The maximum absolute atomic E-state index is 11.0. The van der Waals surface area contributed by atoms with Gasteiger partial charge in [-0.15, -0.1) is 0 Å². The van der Waals surface area contributed by atoms with Gasteiger partial charge in [0.25, 0.3) is 5.91 Å². The van der Waals surface area contributed by atoms with Crippen LogP contribution in [-0.4, -0.2) is 12.5 Å². The summed E-state index contributed by atoms with van der Waals surface area (Å²) >= 11 is 5.36. The predicted molar refractivity (Wildman–Crippen MR) is 58.4 cm³/mol. The van der Waals surface area contributed by atoms with Crippen LogP contribution in [-0.2, 0) is 0 Å². The highest BCUT2D eigenvalue weighted by Crippen LogP contribution is 2.13. The molecular formula is C10H11ClN2O. The minimum Gasteiger partial charge on any atom is -0.381 e. The topological polar surface area (TPSA) is 55.1 Å². The normalized spacial score (nSPS) is 10.4. The van der Waals surface area contributed by atoms with Crippen LogP contribution in [0.25, 0.3) is 0 Å². The predicted octanol–water partition coefficient (Wildman–Crippen LogP) is 1.95. The van der Waals surface area contributed by atoms with Gasteiger partial charge in [-0.3, -0.25) is 4.79 Å². The lowest BCUT2D eigenvalue weighted by atomic mass is 10.1. The zero-order valence-electron chi connectivity index (χ0n) is 7.53. The van der Waals surface area contributed by atoms with E-state index in [4.69, 9.17) is 17.3 Å². The number of halogens is 1. The quantitative estimate of drug-likeness (QED) is 0.798. The van der Waals surface area contributed by atoms with Crippen molar-refractivity contribution >= 4 is 23.2 Å². The van der Waals surface area contributed by atoms with Crippen LogP contribution in [0.3, 0.4) is 0 Å². The highest BCUT2D eigenvalue weighted by atomic mass is 35.5. The Labute approximate surface area is 87.6 Å². The Morgan fingerprint density at radius 3 is 2.86 bits per heavy atom. The third-order valence-corrected chi connectivity index (χ3v) is 1.87. The van der Waals surface area contributed by atoms with E-state index < -0.39 is 5.91 Å². The van der Waals surface area contributed by atoms with Crippen molar-refractivity contribution in [3.63, 3.8) is 0 Å². The zero-order valence-corrected chi connectivity index (χ0v) is 8.29. The van der Waals surface area contributed by atoms with Gasteiger partial charge in [0.2, 0.25) is 0 Å². The fraction of sp³-hybridized carbons (Fsp3) is 0.100. The Morgan fingerprint density at radius 2 is 2.21 bits per heavy atom. The van der Waals surface area contributed by atoms with Crippen molar-refractivity contribution in [1.29, 1.82) is 0 Å². The Kier molecular flexibility index (Phi) is 4.01. The highest BCUT2D eigenvalue weighted by Gasteiger charge is 2.04. The number of rotatable bonds is 4. The monoisotopic (exact) mass is 210 g/mol. The molecule has 1 rings (SSSR count). The standard InChI is InChI=1S/C10H11ClN2O/c11-6-3-7-13-9-5-2-1-4-8(9)10(12)14/h1-6,13H,7H2,(H2,12,14)/b6-3+. The first-order valence-corrected chi connectivity index (χ1v) is 4.57. The fourth-order valence-corrected chi connectivity index (χ4v) is 1.15. The lowest BCUT2D eigenvalue weighted by Gasteiger charge is -2.06. The molecule has 0 spiro atoms. The van der Waals surface area contributed by atoms with Crippen molar-refractivity contribution < 1.29 is 4.79 Å². The zero-order chi connectivity index (χ0) is 10.4. The summed E-state index contributed by atoms with van der Waals surface area (Å²) in [4.78, 5) is 11.0. The number of carbonyl (C=O) groups excluding carboxylic acids is 1. The number of hydrogen-bond donors (Lipinski definition) is 2. The van der Waals surface area contributed by atoms with Gasteiger partial charge in [0.15, 0.2) is 0 Å². The molecule has 0 bridgehead atoms. The van der Waals surface area contributed by atoms with Gasteiger partial charge in [0.05, 0.1) is 5.56 Å². The Bertz CT molecular complexity index is 350. The van der Waals surface area contributed by atoms with Crippen LogP contribution in [0, 0.1) is 0 Å². The Morgan fingerprint density at radius 1 is 1.50 bits per heavy atom. The second-order valence-corrected chi connectivity index (χ2v) is 2.90. The van der Waals surface area contributed by atoms with E-state index in [1.54, 1.807) is 24.3 Å². The molecule has 0 aliphatic carbocycles. The minimum absolute atomic E-state index is 0.442. The number of para-hydroxylation sites is 1. The molecule has 0 aromatic heterocycles. The summed E-state index contributed by atoms with van der Waals surface area (Å²) in [7, 11) is 0. The smallest absolute Gasteiger partial charge is 0.250 e. The molecule has 1 amide bonds. The number of benzene rings is 1. The van der Waals surface area contributed by atoms with Gasteiger partial charge < -0.3 is 11.1 Å². The molecule has 0 saturated carbocycles. The first-order chi connectivity index (χ1) is 6.75. The van der Waals surface area contributed by atoms with Crippen molar-refractivity contribution in [1.82, 2.24) is 0 Å². The first kappa shape index (κ1) is 10.6. The van der Waals surface area contributed by atoms with E-state index in [1.807, 2.05) is 6.07 Å². The van der Waals surface area contributed by atoms with E-state index in [9.17, 15) is 4.79 Å². The van der Waals surface area contributed by atoms with Crippen molar-refractivity contribution in [3.05, 3.63) is 41.4 Å². The molecule has 3 N–H and O–H groups in total. The molecule has 0 radical (unpaired) electrons. The number of hydrogen-bond acceptors (Lipinski definition) is 2. The van der Waals surface area contributed by atoms with Gasteiger partial charge in [0, 0.05) is 17.8 Å². The summed E-state index contributed by atoms with van der Waals surface area (Å²) in [5, 5.41) is 3.02. The lowest BCUT2D eigenvalue weighted by Crippen LogP contribution is -2.14. The van der Waals surface area contributed by atoms with Gasteiger partial charge in [-0.25, -0.2) is 0 Å². The van der Waals surface area contributed by atoms with E-state index in [0.717, 1.165) is 5.69 Å². The largest absolute Gasteiger partial charge is 0.381 e. The molecule has 0 unspecified atom stereocenters. The number of anilines is 1. The first-order valence-electron chi connectivity index (χ1n) is 4.13. The molecular weight excluding hydrogens is 200 g/mol. The molecule has 14 heavy (non-hydrogen) atoms. The summed E-state index contributed by atoms with van der Waals surface area (Å²) in [5.74, 6) is -0.442. The highest BCUT2D eigenvalue weighted by molar-refractivity contribution is 6.25. The van der Waals surface area contributed by atoms with Crippen LogP contribution in [0.5, 0.6) is 0 Å². The van der Waals surface area contributed by atoms with E-state index >= 15 is 0 Å². The lowest BCUT2D eigenvalue weighted by molar-refractivity contribution is 0.100. The molecule has 1 aromatic carbocycles. The molecule has 0 aliphatic heterocycles. The third kappa shape index (κ3) is 2.78. The van der Waals surface area contributed by atoms with Crippen LogP contribution in [0.4, 0.5) is 5.69 Å². The van der Waals surface area contributed by atoms with Crippen LogP contribution in [0.2, 0.25) is 0 Å². The summed E-state index contributed by atoms with van der Waals surface area (Å²) < 4.78 is 0. The van der Waals surface area contributed by atoms with E-state index in [-0.39, 0.29) is 0 Å². The second kappa shape index (κ2) is 5.29. The number of nitrogens with two attached hydrogens (primary N) is 1. The molecule has 4 heteroatoms. The number of primary amides is 1. The average Bonchev–Trinajstić information content (AvgIpc) is 2.19. The SMILES string of the molecule is NC(=O)c1ccccc1NC/C=C/Cl. The summed E-state index contributed by atoms with van der Waals surface area (Å²) in [5.41, 5.74) is 7.81. The molecule has 3 nitrogen and oxygen atoms in total. The second-order valence-electron chi connectivity index (χ2n) is 2.65. The van der Waals surface area contributed by atoms with Crippen molar-refractivity contribution in [2.75, 3.05) is 11.9 Å². The van der Waals surface area contributed by atoms with Crippen LogP contribution in [0.15, 0.2) is 35.9 Å². The van der Waals surface area contributed by atoms with E-state index in [1.165, 1.54) is 5.54 Å². The van der Waals surface area contributed by atoms with Crippen molar-refractivity contribution in [2.24, 2.45) is 5.73 Å². The van der Waals surface area contributed by atoms with Gasteiger partial charge in [-0.1, -0.05) is 29.8 Å². The maximum atomic E-state index is 11.0. The van der Waals surface area contributed by atoms with Crippen molar-refractivity contribution in [3.8, 4) is 0 Å². The molecule has 0 saturated heterocycles.